The molecular formula is C18H15ClN2O2. The maximum absolute atomic E-state index is 6.32. The first-order valence-electron chi connectivity index (χ1n) is 7.31. The Kier molecular flexibility index (Phi) is 2.93. The summed E-state index contributed by atoms with van der Waals surface area (Å²) in [6, 6.07) is 7.58. The number of rotatable bonds is 1. The van der Waals surface area contributed by atoms with E-state index in [0.29, 0.717) is 22.9 Å². The molecule has 2 N–H and O–H groups in total. The van der Waals surface area contributed by atoms with E-state index in [1.165, 1.54) is 0 Å². The summed E-state index contributed by atoms with van der Waals surface area (Å²) in [7, 11) is 0. The number of aromatic nitrogens is 1. The van der Waals surface area contributed by atoms with Gasteiger partial charge in [-0.15, -0.1) is 0 Å². The topological polar surface area (TPSA) is 65.2 Å². The number of anilines is 1. The Hall–Kier alpha value is -2.46. The molecule has 0 amide bonds. The Bertz CT molecular complexity index is 1040. The van der Waals surface area contributed by atoms with Crippen molar-refractivity contribution < 1.29 is 8.83 Å². The summed E-state index contributed by atoms with van der Waals surface area (Å²) >= 11 is 6.32. The molecule has 4 nitrogen and oxygen atoms in total. The molecule has 0 saturated heterocycles. The molecule has 0 bridgehead atoms. The van der Waals surface area contributed by atoms with Crippen LogP contribution in [0.2, 0.25) is 5.02 Å². The minimum absolute atomic E-state index is 0.422. The Labute approximate surface area is 137 Å². The molecule has 4 rings (SSSR count). The number of fused-ring (bicyclic) bond motifs is 2. The van der Waals surface area contributed by atoms with E-state index in [2.05, 4.69) is 4.98 Å². The quantitative estimate of drug-likeness (QED) is 0.475. The molecule has 2 aromatic heterocycles. The van der Waals surface area contributed by atoms with Gasteiger partial charge >= 0.3 is 0 Å². The van der Waals surface area contributed by atoms with Crippen molar-refractivity contribution in [3.05, 3.63) is 46.0 Å². The van der Waals surface area contributed by atoms with Gasteiger partial charge in [-0.25, -0.2) is 4.98 Å². The molecule has 116 valence electrons. The molecule has 4 aromatic rings. The second kappa shape index (κ2) is 4.77. The van der Waals surface area contributed by atoms with Crippen molar-refractivity contribution >= 4 is 39.4 Å². The van der Waals surface area contributed by atoms with E-state index in [1.807, 2.05) is 45.0 Å². The predicted octanol–water partition coefficient (Wildman–Crippen LogP) is 5.40. The van der Waals surface area contributed by atoms with E-state index >= 15 is 0 Å². The highest BCUT2D eigenvalue weighted by atomic mass is 35.5. The van der Waals surface area contributed by atoms with E-state index in [9.17, 15) is 0 Å². The number of hydrogen-bond acceptors (Lipinski definition) is 4. The fraction of sp³-hybridized carbons (Fsp3) is 0.167. The van der Waals surface area contributed by atoms with Crippen LogP contribution in [0.5, 0.6) is 0 Å². The molecule has 2 aromatic carbocycles. The van der Waals surface area contributed by atoms with Gasteiger partial charge in [0.1, 0.15) is 11.1 Å². The van der Waals surface area contributed by atoms with Crippen molar-refractivity contribution in [2.45, 2.75) is 20.8 Å². The second-order valence-electron chi connectivity index (χ2n) is 5.82. The first-order chi connectivity index (χ1) is 11.0. The fourth-order valence-electron chi connectivity index (χ4n) is 2.84. The van der Waals surface area contributed by atoms with E-state index < -0.39 is 0 Å². The van der Waals surface area contributed by atoms with Crippen LogP contribution in [-0.4, -0.2) is 4.98 Å². The van der Waals surface area contributed by atoms with Crippen molar-refractivity contribution in [1.82, 2.24) is 4.98 Å². The number of hydrogen-bond donors (Lipinski definition) is 1. The standard InChI is InChI=1S/C18H15ClN2O2/c1-8-4-5-12(20)17-16(8)21-18(23-17)14-7-11-10(3)15(19)9(2)6-13(11)22-14/h4-7H,20H2,1-3H3. The van der Waals surface area contributed by atoms with Crippen LogP contribution in [0.15, 0.2) is 33.1 Å². The van der Waals surface area contributed by atoms with E-state index in [4.69, 9.17) is 26.2 Å². The van der Waals surface area contributed by atoms with Crippen molar-refractivity contribution in [2.75, 3.05) is 5.73 Å². The van der Waals surface area contributed by atoms with Gasteiger partial charge < -0.3 is 14.6 Å². The molecule has 0 spiro atoms. The molecule has 0 atom stereocenters. The molecular weight excluding hydrogens is 312 g/mol. The molecule has 0 radical (unpaired) electrons. The van der Waals surface area contributed by atoms with E-state index in [-0.39, 0.29) is 0 Å². The zero-order chi connectivity index (χ0) is 16.3. The summed E-state index contributed by atoms with van der Waals surface area (Å²) in [5.74, 6) is 0.991. The molecule has 0 unspecified atom stereocenters. The zero-order valence-corrected chi connectivity index (χ0v) is 13.8. The molecule has 0 saturated carbocycles. The van der Waals surface area contributed by atoms with Gasteiger partial charge in [0, 0.05) is 10.4 Å². The number of oxazole rings is 1. The Morgan fingerprint density at radius 1 is 1.04 bits per heavy atom. The molecule has 0 fully saturated rings. The Morgan fingerprint density at radius 3 is 2.57 bits per heavy atom. The van der Waals surface area contributed by atoms with Crippen molar-refractivity contribution in [2.24, 2.45) is 0 Å². The Morgan fingerprint density at radius 2 is 1.83 bits per heavy atom. The predicted molar refractivity (Wildman–Crippen MR) is 92.9 cm³/mol. The minimum atomic E-state index is 0.422. The van der Waals surface area contributed by atoms with Gasteiger partial charge in [0.05, 0.1) is 5.69 Å². The van der Waals surface area contributed by atoms with Gasteiger partial charge in [0.15, 0.2) is 11.3 Å². The highest BCUT2D eigenvalue weighted by Crippen LogP contribution is 2.36. The van der Waals surface area contributed by atoms with Crippen LogP contribution < -0.4 is 5.73 Å². The average Bonchev–Trinajstić information content (AvgIpc) is 3.13. The number of nitrogens with zero attached hydrogens (tertiary/aromatic N) is 1. The maximum Gasteiger partial charge on any atom is 0.264 e. The third-order valence-corrected chi connectivity index (χ3v) is 4.76. The van der Waals surface area contributed by atoms with Crippen LogP contribution in [-0.2, 0) is 0 Å². The highest BCUT2D eigenvalue weighted by molar-refractivity contribution is 6.33. The molecule has 0 aliphatic rings. The maximum atomic E-state index is 6.32. The molecule has 0 aliphatic heterocycles. The van der Waals surface area contributed by atoms with Crippen LogP contribution in [0.1, 0.15) is 16.7 Å². The number of nitrogen functional groups attached to an aromatic ring is 1. The summed E-state index contributed by atoms with van der Waals surface area (Å²) in [5.41, 5.74) is 11.6. The van der Waals surface area contributed by atoms with Crippen LogP contribution in [0.4, 0.5) is 5.69 Å². The lowest BCUT2D eigenvalue weighted by Gasteiger charge is -2.02. The number of halogens is 1. The second-order valence-corrected chi connectivity index (χ2v) is 6.20. The lowest BCUT2D eigenvalue weighted by molar-refractivity contribution is 0.560. The average molecular weight is 327 g/mol. The van der Waals surface area contributed by atoms with Gasteiger partial charge in [-0.2, -0.15) is 0 Å². The first kappa shape index (κ1) is 14.2. The van der Waals surface area contributed by atoms with Gasteiger partial charge in [-0.1, -0.05) is 17.7 Å². The zero-order valence-electron chi connectivity index (χ0n) is 13.0. The largest absolute Gasteiger partial charge is 0.451 e. The summed E-state index contributed by atoms with van der Waals surface area (Å²) in [5, 5.41) is 1.71. The van der Waals surface area contributed by atoms with Crippen LogP contribution in [0.3, 0.4) is 0 Å². The number of benzene rings is 2. The summed E-state index contributed by atoms with van der Waals surface area (Å²) < 4.78 is 11.8. The molecule has 23 heavy (non-hydrogen) atoms. The monoisotopic (exact) mass is 326 g/mol. The van der Waals surface area contributed by atoms with Crippen LogP contribution in [0.25, 0.3) is 33.7 Å². The normalized spacial score (nSPS) is 11.7. The molecule has 0 aliphatic carbocycles. The molecule has 5 heteroatoms. The van der Waals surface area contributed by atoms with Crippen LogP contribution in [0, 0.1) is 20.8 Å². The third kappa shape index (κ3) is 2.02. The lowest BCUT2D eigenvalue weighted by Crippen LogP contribution is -1.86. The number of aryl methyl sites for hydroxylation is 3. The van der Waals surface area contributed by atoms with E-state index in [0.717, 1.165) is 38.2 Å². The van der Waals surface area contributed by atoms with E-state index in [1.54, 1.807) is 0 Å². The highest BCUT2D eigenvalue weighted by Gasteiger charge is 2.18. The first-order valence-corrected chi connectivity index (χ1v) is 7.68. The fourth-order valence-corrected chi connectivity index (χ4v) is 3.00. The lowest BCUT2D eigenvalue weighted by atomic mass is 10.1. The molecule has 2 heterocycles. The van der Waals surface area contributed by atoms with Gasteiger partial charge in [-0.3, -0.25) is 0 Å². The summed E-state index contributed by atoms with van der Waals surface area (Å²) in [6.07, 6.45) is 0. The van der Waals surface area contributed by atoms with Crippen molar-refractivity contribution in [3.63, 3.8) is 0 Å². The van der Waals surface area contributed by atoms with Gasteiger partial charge in [-0.05, 0) is 55.7 Å². The van der Waals surface area contributed by atoms with Crippen LogP contribution >= 0.6 is 11.6 Å². The van der Waals surface area contributed by atoms with Gasteiger partial charge in [0.2, 0.25) is 0 Å². The van der Waals surface area contributed by atoms with Crippen molar-refractivity contribution in [1.29, 1.82) is 0 Å². The minimum Gasteiger partial charge on any atom is -0.451 e. The SMILES string of the molecule is Cc1cc2oc(-c3nc4c(C)ccc(N)c4o3)cc2c(C)c1Cl. The third-order valence-electron chi connectivity index (χ3n) is 4.17. The summed E-state index contributed by atoms with van der Waals surface area (Å²) in [4.78, 5) is 4.54. The Balaban J connectivity index is 1.98. The number of nitrogens with two attached hydrogens (primary N) is 1. The van der Waals surface area contributed by atoms with Gasteiger partial charge in [0.25, 0.3) is 5.89 Å². The summed E-state index contributed by atoms with van der Waals surface area (Å²) in [6.45, 7) is 5.91. The smallest absolute Gasteiger partial charge is 0.264 e. The van der Waals surface area contributed by atoms with Crippen molar-refractivity contribution in [3.8, 4) is 11.7 Å². The number of furan rings is 1.